The molecule has 3 N–H and O–H groups in total. The smallest absolute Gasteiger partial charge is 0.248 e. The Balaban J connectivity index is 2.15. The van der Waals surface area contributed by atoms with Crippen LogP contribution in [-0.4, -0.2) is 18.5 Å². The zero-order valence-corrected chi connectivity index (χ0v) is 8.70. The molecule has 1 heterocycles. The quantitative estimate of drug-likeness (QED) is 0.774. The molecule has 0 bridgehead atoms. The van der Waals surface area contributed by atoms with E-state index in [1.54, 1.807) is 6.07 Å². The average Bonchev–Trinajstić information content (AvgIpc) is 2.71. The zero-order chi connectivity index (χ0) is 10.7. The summed E-state index contributed by atoms with van der Waals surface area (Å²) >= 11 is 0. The van der Waals surface area contributed by atoms with Crippen molar-refractivity contribution in [2.24, 2.45) is 5.73 Å². The molecule has 3 heteroatoms. The first-order valence-electron chi connectivity index (χ1n) is 5.38. The van der Waals surface area contributed by atoms with Gasteiger partial charge in [0.05, 0.1) is 0 Å². The van der Waals surface area contributed by atoms with Crippen molar-refractivity contribution in [1.82, 2.24) is 5.32 Å². The fourth-order valence-electron chi connectivity index (χ4n) is 2.14. The van der Waals surface area contributed by atoms with Gasteiger partial charge in [-0.05, 0) is 37.4 Å². The van der Waals surface area contributed by atoms with Crippen LogP contribution in [0.3, 0.4) is 0 Å². The molecule has 1 aliphatic heterocycles. The molecule has 1 unspecified atom stereocenters. The molecular weight excluding hydrogens is 188 g/mol. The van der Waals surface area contributed by atoms with E-state index in [0.717, 1.165) is 18.5 Å². The van der Waals surface area contributed by atoms with Crippen LogP contribution < -0.4 is 11.1 Å². The highest BCUT2D eigenvalue weighted by Crippen LogP contribution is 2.15. The predicted molar refractivity (Wildman–Crippen MR) is 59.7 cm³/mol. The molecule has 1 amide bonds. The summed E-state index contributed by atoms with van der Waals surface area (Å²) in [6.45, 7) is 1.09. The molecule has 2 rings (SSSR count). The Morgan fingerprint density at radius 3 is 2.93 bits per heavy atom. The van der Waals surface area contributed by atoms with Crippen molar-refractivity contribution in [2.75, 3.05) is 6.54 Å². The molecule has 0 aromatic heterocycles. The lowest BCUT2D eigenvalue weighted by Gasteiger charge is -2.12. The average molecular weight is 204 g/mol. The van der Waals surface area contributed by atoms with Gasteiger partial charge in [0.15, 0.2) is 0 Å². The van der Waals surface area contributed by atoms with Gasteiger partial charge in [0.1, 0.15) is 0 Å². The number of hydrogen-bond acceptors (Lipinski definition) is 2. The first-order valence-corrected chi connectivity index (χ1v) is 5.38. The molecule has 80 valence electrons. The largest absolute Gasteiger partial charge is 0.366 e. The molecule has 0 saturated carbocycles. The van der Waals surface area contributed by atoms with Gasteiger partial charge < -0.3 is 11.1 Å². The molecule has 1 atom stereocenters. The first kappa shape index (κ1) is 10.2. The minimum Gasteiger partial charge on any atom is -0.366 e. The van der Waals surface area contributed by atoms with Gasteiger partial charge >= 0.3 is 0 Å². The Morgan fingerprint density at radius 2 is 2.27 bits per heavy atom. The molecule has 1 fully saturated rings. The lowest BCUT2D eigenvalue weighted by molar-refractivity contribution is 0.0999. The standard InChI is InChI=1S/C12H16N2O/c13-12(15)11-6-2-1-4-9(11)8-10-5-3-7-14-10/h1-2,4,6,10,14H,3,5,7-8H2,(H2,13,15). The van der Waals surface area contributed by atoms with Gasteiger partial charge in [-0.25, -0.2) is 0 Å². The van der Waals surface area contributed by atoms with Gasteiger partial charge in [-0.1, -0.05) is 18.2 Å². The van der Waals surface area contributed by atoms with E-state index in [1.807, 2.05) is 18.2 Å². The number of carbonyl (C=O) groups excluding carboxylic acids is 1. The summed E-state index contributed by atoms with van der Waals surface area (Å²) in [5.41, 5.74) is 7.05. The number of nitrogens with one attached hydrogen (secondary N) is 1. The van der Waals surface area contributed by atoms with Gasteiger partial charge in [0.25, 0.3) is 0 Å². The third-order valence-electron chi connectivity index (χ3n) is 2.91. The summed E-state index contributed by atoms with van der Waals surface area (Å²) in [5, 5.41) is 3.42. The monoisotopic (exact) mass is 204 g/mol. The maximum Gasteiger partial charge on any atom is 0.248 e. The maximum absolute atomic E-state index is 11.2. The Labute approximate surface area is 89.7 Å². The normalized spacial score (nSPS) is 20.4. The van der Waals surface area contributed by atoms with E-state index in [1.165, 1.54) is 12.8 Å². The van der Waals surface area contributed by atoms with Crippen molar-refractivity contribution in [2.45, 2.75) is 25.3 Å². The van der Waals surface area contributed by atoms with Crippen LogP contribution >= 0.6 is 0 Å². The second kappa shape index (κ2) is 4.45. The van der Waals surface area contributed by atoms with Crippen LogP contribution in [0.4, 0.5) is 0 Å². The minimum absolute atomic E-state index is 0.330. The van der Waals surface area contributed by atoms with Gasteiger partial charge in [0, 0.05) is 11.6 Å². The van der Waals surface area contributed by atoms with Crippen molar-refractivity contribution in [3.63, 3.8) is 0 Å². The van der Waals surface area contributed by atoms with Crippen LogP contribution in [0.1, 0.15) is 28.8 Å². The molecule has 0 radical (unpaired) electrons. The van der Waals surface area contributed by atoms with Crippen LogP contribution in [0.5, 0.6) is 0 Å². The summed E-state index contributed by atoms with van der Waals surface area (Å²) < 4.78 is 0. The third kappa shape index (κ3) is 2.36. The summed E-state index contributed by atoms with van der Waals surface area (Å²) in [5.74, 6) is -0.330. The summed E-state index contributed by atoms with van der Waals surface area (Å²) in [7, 11) is 0. The van der Waals surface area contributed by atoms with E-state index in [0.29, 0.717) is 11.6 Å². The van der Waals surface area contributed by atoms with Crippen molar-refractivity contribution >= 4 is 5.91 Å². The number of carbonyl (C=O) groups is 1. The van der Waals surface area contributed by atoms with Gasteiger partial charge in [-0.3, -0.25) is 4.79 Å². The van der Waals surface area contributed by atoms with Crippen LogP contribution in [0, 0.1) is 0 Å². The van der Waals surface area contributed by atoms with E-state index < -0.39 is 0 Å². The molecule has 0 aliphatic carbocycles. The lowest BCUT2D eigenvalue weighted by atomic mass is 9.99. The highest BCUT2D eigenvalue weighted by atomic mass is 16.1. The minimum atomic E-state index is -0.330. The van der Waals surface area contributed by atoms with Gasteiger partial charge in [-0.2, -0.15) is 0 Å². The molecular formula is C12H16N2O. The molecule has 1 saturated heterocycles. The Bertz CT molecular complexity index is 356. The zero-order valence-electron chi connectivity index (χ0n) is 8.70. The van der Waals surface area contributed by atoms with E-state index in [4.69, 9.17) is 5.73 Å². The first-order chi connectivity index (χ1) is 7.27. The summed E-state index contributed by atoms with van der Waals surface area (Å²) in [6.07, 6.45) is 3.32. The number of benzene rings is 1. The van der Waals surface area contributed by atoms with E-state index in [-0.39, 0.29) is 5.91 Å². The number of hydrogen-bond donors (Lipinski definition) is 2. The van der Waals surface area contributed by atoms with E-state index in [2.05, 4.69) is 5.32 Å². The van der Waals surface area contributed by atoms with Crippen molar-refractivity contribution in [1.29, 1.82) is 0 Å². The van der Waals surface area contributed by atoms with Crippen LogP contribution in [0.25, 0.3) is 0 Å². The summed E-state index contributed by atoms with van der Waals surface area (Å²) in [6, 6.07) is 8.10. The second-order valence-corrected chi connectivity index (χ2v) is 4.02. The van der Waals surface area contributed by atoms with Crippen molar-refractivity contribution in [3.05, 3.63) is 35.4 Å². The van der Waals surface area contributed by atoms with Gasteiger partial charge in [-0.15, -0.1) is 0 Å². The van der Waals surface area contributed by atoms with Crippen molar-refractivity contribution in [3.8, 4) is 0 Å². The molecule has 0 spiro atoms. The van der Waals surface area contributed by atoms with Crippen LogP contribution in [0.15, 0.2) is 24.3 Å². The Kier molecular flexibility index (Phi) is 3.02. The van der Waals surface area contributed by atoms with E-state index >= 15 is 0 Å². The molecule has 15 heavy (non-hydrogen) atoms. The second-order valence-electron chi connectivity index (χ2n) is 4.02. The fraction of sp³-hybridized carbons (Fsp3) is 0.417. The van der Waals surface area contributed by atoms with Crippen LogP contribution in [-0.2, 0) is 6.42 Å². The van der Waals surface area contributed by atoms with E-state index in [9.17, 15) is 4.79 Å². The number of rotatable bonds is 3. The number of nitrogens with two attached hydrogens (primary N) is 1. The topological polar surface area (TPSA) is 55.1 Å². The molecule has 3 nitrogen and oxygen atoms in total. The SMILES string of the molecule is NC(=O)c1ccccc1CC1CCCN1. The molecule has 1 aromatic carbocycles. The maximum atomic E-state index is 11.2. The Hall–Kier alpha value is -1.35. The lowest BCUT2D eigenvalue weighted by Crippen LogP contribution is -2.25. The van der Waals surface area contributed by atoms with Crippen molar-refractivity contribution < 1.29 is 4.79 Å². The predicted octanol–water partition coefficient (Wildman–Crippen LogP) is 1.08. The van der Waals surface area contributed by atoms with Gasteiger partial charge in [0.2, 0.25) is 5.91 Å². The highest BCUT2D eigenvalue weighted by Gasteiger charge is 2.16. The molecule has 1 aliphatic rings. The number of amides is 1. The Morgan fingerprint density at radius 1 is 1.47 bits per heavy atom. The summed E-state index contributed by atoms with van der Waals surface area (Å²) in [4.78, 5) is 11.2. The van der Waals surface area contributed by atoms with Crippen LogP contribution in [0.2, 0.25) is 0 Å². The fourth-order valence-corrected chi connectivity index (χ4v) is 2.14. The third-order valence-corrected chi connectivity index (χ3v) is 2.91. The molecule has 1 aromatic rings. The number of primary amides is 1. The highest BCUT2D eigenvalue weighted by molar-refractivity contribution is 5.94.